The molecule has 2 rings (SSSR count). The third-order valence-electron chi connectivity index (χ3n) is 5.93. The van der Waals surface area contributed by atoms with Crippen molar-refractivity contribution < 1.29 is 19.5 Å². The SMILES string of the molecule is C[C@@H](C=C[C@@H]1CC[C@@H](O)[C@H]1C(=O)OC(C)(C)C)ON1C(C)(C)CCCC1(C)C. The molecule has 0 amide bonds. The molecule has 4 atom stereocenters. The Labute approximate surface area is 171 Å². The summed E-state index contributed by atoms with van der Waals surface area (Å²) in [6.45, 7) is 16.5. The lowest BCUT2D eigenvalue weighted by atomic mass is 9.82. The number of hydroxylamine groups is 2. The fraction of sp³-hybridized carbons (Fsp3) is 0.870. The molecule has 0 aromatic rings. The minimum atomic E-state index is -0.638. The van der Waals surface area contributed by atoms with Gasteiger partial charge in [0, 0.05) is 11.1 Å². The molecule has 5 nitrogen and oxygen atoms in total. The minimum absolute atomic E-state index is 0.00749. The van der Waals surface area contributed by atoms with E-state index in [2.05, 4.69) is 32.8 Å². The first-order valence-corrected chi connectivity index (χ1v) is 10.8. The topological polar surface area (TPSA) is 59.0 Å². The van der Waals surface area contributed by atoms with E-state index in [1.165, 1.54) is 6.42 Å². The van der Waals surface area contributed by atoms with Crippen molar-refractivity contribution in [2.45, 2.75) is 116 Å². The minimum Gasteiger partial charge on any atom is -0.460 e. The van der Waals surface area contributed by atoms with E-state index in [-0.39, 0.29) is 29.1 Å². The lowest BCUT2D eigenvalue weighted by Gasteiger charge is -2.52. The molecule has 1 N–H and O–H groups in total. The van der Waals surface area contributed by atoms with Crippen molar-refractivity contribution in [2.75, 3.05) is 0 Å². The Morgan fingerprint density at radius 2 is 1.71 bits per heavy atom. The van der Waals surface area contributed by atoms with Gasteiger partial charge in [-0.1, -0.05) is 12.2 Å². The molecule has 2 aliphatic rings. The normalized spacial score (nSPS) is 31.8. The number of piperidine rings is 1. The molecule has 1 heterocycles. The second kappa shape index (κ2) is 8.45. The Morgan fingerprint density at radius 3 is 2.25 bits per heavy atom. The van der Waals surface area contributed by atoms with E-state index >= 15 is 0 Å². The van der Waals surface area contributed by atoms with Crippen LogP contribution in [0.1, 0.15) is 87.5 Å². The number of ether oxygens (including phenoxy) is 1. The summed E-state index contributed by atoms with van der Waals surface area (Å²) >= 11 is 0. The van der Waals surface area contributed by atoms with E-state index in [9.17, 15) is 9.90 Å². The van der Waals surface area contributed by atoms with Crippen LogP contribution < -0.4 is 0 Å². The van der Waals surface area contributed by atoms with Crippen LogP contribution in [0.25, 0.3) is 0 Å². The summed E-state index contributed by atoms with van der Waals surface area (Å²) in [4.78, 5) is 18.9. The van der Waals surface area contributed by atoms with E-state index in [0.717, 1.165) is 19.3 Å². The van der Waals surface area contributed by atoms with Crippen LogP contribution in [0, 0.1) is 11.8 Å². The first kappa shape index (κ1) is 23.4. The molecule has 1 saturated heterocycles. The van der Waals surface area contributed by atoms with E-state index < -0.39 is 17.6 Å². The van der Waals surface area contributed by atoms with Gasteiger partial charge in [0.05, 0.1) is 18.1 Å². The summed E-state index contributed by atoms with van der Waals surface area (Å²) < 4.78 is 5.53. The zero-order chi connectivity index (χ0) is 21.3. The summed E-state index contributed by atoms with van der Waals surface area (Å²) in [6.07, 6.45) is 8.18. The predicted octanol–water partition coefficient (Wildman–Crippen LogP) is 4.63. The van der Waals surface area contributed by atoms with Crippen LogP contribution in [0.5, 0.6) is 0 Å². The molecule has 1 aliphatic carbocycles. The molecule has 162 valence electrons. The molecule has 0 unspecified atom stereocenters. The number of aliphatic hydroxyl groups excluding tert-OH is 1. The van der Waals surface area contributed by atoms with Crippen LogP contribution >= 0.6 is 0 Å². The Bertz CT molecular complexity index is 560. The van der Waals surface area contributed by atoms with E-state index in [0.29, 0.717) is 6.42 Å². The van der Waals surface area contributed by atoms with Gasteiger partial charge in [0.25, 0.3) is 0 Å². The summed E-state index contributed by atoms with van der Waals surface area (Å²) in [5.41, 5.74) is -0.561. The highest BCUT2D eigenvalue weighted by molar-refractivity contribution is 5.74. The first-order chi connectivity index (χ1) is 12.7. The van der Waals surface area contributed by atoms with Crippen LogP contribution in [0.2, 0.25) is 0 Å². The van der Waals surface area contributed by atoms with E-state index in [1.54, 1.807) is 0 Å². The number of rotatable bonds is 5. The quantitative estimate of drug-likeness (QED) is 0.543. The van der Waals surface area contributed by atoms with Crippen molar-refractivity contribution in [3.05, 3.63) is 12.2 Å². The smallest absolute Gasteiger partial charge is 0.312 e. The molecule has 0 aromatic heterocycles. The number of allylic oxidation sites excluding steroid dienone is 1. The summed E-state index contributed by atoms with van der Waals surface area (Å²) in [7, 11) is 0. The maximum Gasteiger partial charge on any atom is 0.312 e. The Kier molecular flexibility index (Phi) is 7.05. The number of hydrogen-bond acceptors (Lipinski definition) is 5. The third kappa shape index (κ3) is 5.80. The molecule has 1 aliphatic heterocycles. The van der Waals surface area contributed by atoms with Crippen molar-refractivity contribution in [3.8, 4) is 0 Å². The zero-order valence-electron chi connectivity index (χ0n) is 19.1. The van der Waals surface area contributed by atoms with Gasteiger partial charge in [-0.2, -0.15) is 5.06 Å². The second-order valence-corrected chi connectivity index (χ2v) is 10.8. The van der Waals surface area contributed by atoms with Crippen molar-refractivity contribution >= 4 is 5.97 Å². The van der Waals surface area contributed by atoms with Gasteiger partial charge >= 0.3 is 5.97 Å². The Morgan fingerprint density at radius 1 is 1.14 bits per heavy atom. The van der Waals surface area contributed by atoms with Crippen molar-refractivity contribution in [1.82, 2.24) is 5.06 Å². The van der Waals surface area contributed by atoms with Crippen LogP contribution in [-0.4, -0.2) is 45.0 Å². The molecular weight excluding hydrogens is 354 g/mol. The average molecular weight is 396 g/mol. The van der Waals surface area contributed by atoms with Gasteiger partial charge in [-0.15, -0.1) is 0 Å². The number of nitrogens with zero attached hydrogens (tertiary/aromatic N) is 1. The maximum absolute atomic E-state index is 12.6. The first-order valence-electron chi connectivity index (χ1n) is 10.8. The highest BCUT2D eigenvalue weighted by atomic mass is 16.7. The standard InChI is InChI=1S/C23H41NO4/c1-16(28-24-22(5,6)14-9-15-23(24,7)8)10-11-17-12-13-18(25)19(17)20(26)27-21(2,3)4/h10-11,16-19,25H,9,12-15H2,1-8H3/t16-,17+,18+,19-/m0/s1. The number of hydrogen-bond donors (Lipinski definition) is 1. The number of esters is 1. The van der Waals surface area contributed by atoms with Gasteiger partial charge in [0.1, 0.15) is 5.60 Å². The van der Waals surface area contributed by atoms with Gasteiger partial charge < -0.3 is 9.84 Å². The van der Waals surface area contributed by atoms with Crippen LogP contribution in [0.15, 0.2) is 12.2 Å². The summed E-state index contributed by atoms with van der Waals surface area (Å²) in [5.74, 6) is -0.817. The predicted molar refractivity (Wildman–Crippen MR) is 112 cm³/mol. The largest absolute Gasteiger partial charge is 0.460 e. The van der Waals surface area contributed by atoms with Gasteiger partial charge in [-0.25, -0.2) is 0 Å². The molecule has 28 heavy (non-hydrogen) atoms. The monoisotopic (exact) mass is 395 g/mol. The molecule has 5 heteroatoms. The second-order valence-electron chi connectivity index (χ2n) is 10.8. The maximum atomic E-state index is 12.6. The summed E-state index contributed by atoms with van der Waals surface area (Å²) in [5, 5.41) is 12.5. The van der Waals surface area contributed by atoms with Gasteiger partial charge in [-0.3, -0.25) is 9.63 Å². The molecule has 0 aromatic carbocycles. The Balaban J connectivity index is 2.04. The van der Waals surface area contributed by atoms with E-state index in [1.807, 2.05) is 39.8 Å². The van der Waals surface area contributed by atoms with Crippen molar-refractivity contribution in [2.24, 2.45) is 11.8 Å². The number of carbonyl (C=O) groups is 1. The Hall–Kier alpha value is -0.910. The van der Waals surface area contributed by atoms with Gasteiger partial charge in [0.2, 0.25) is 0 Å². The van der Waals surface area contributed by atoms with Gasteiger partial charge in [-0.05, 0) is 93.4 Å². The molecule has 0 bridgehead atoms. The highest BCUT2D eigenvalue weighted by Gasteiger charge is 2.44. The lowest BCUT2D eigenvalue weighted by molar-refractivity contribution is -0.293. The van der Waals surface area contributed by atoms with Crippen LogP contribution in [0.3, 0.4) is 0 Å². The molecule has 0 spiro atoms. The lowest BCUT2D eigenvalue weighted by Crippen LogP contribution is -2.58. The van der Waals surface area contributed by atoms with E-state index in [4.69, 9.17) is 9.57 Å². The molecule has 1 saturated carbocycles. The van der Waals surface area contributed by atoms with Gasteiger partial charge in [0.15, 0.2) is 0 Å². The molecule has 0 radical (unpaired) electrons. The fourth-order valence-electron chi connectivity index (χ4n) is 4.69. The third-order valence-corrected chi connectivity index (χ3v) is 5.93. The van der Waals surface area contributed by atoms with Crippen molar-refractivity contribution in [3.63, 3.8) is 0 Å². The molecule has 2 fully saturated rings. The van der Waals surface area contributed by atoms with Crippen LogP contribution in [0.4, 0.5) is 0 Å². The molecular formula is C23H41NO4. The van der Waals surface area contributed by atoms with Crippen LogP contribution in [-0.2, 0) is 14.4 Å². The average Bonchev–Trinajstić information content (AvgIpc) is 2.88. The number of carbonyl (C=O) groups excluding carboxylic acids is 1. The van der Waals surface area contributed by atoms with Crippen molar-refractivity contribution in [1.29, 1.82) is 0 Å². The fourth-order valence-corrected chi connectivity index (χ4v) is 4.69. The number of aliphatic hydroxyl groups is 1. The zero-order valence-corrected chi connectivity index (χ0v) is 19.1. The summed E-state index contributed by atoms with van der Waals surface area (Å²) in [6, 6.07) is 0. The highest BCUT2D eigenvalue weighted by Crippen LogP contribution is 2.39.